The summed E-state index contributed by atoms with van der Waals surface area (Å²) in [7, 11) is -5.39. The third kappa shape index (κ3) is 63.7. The molecule has 157 valence electrons. The second-order valence-corrected chi connectivity index (χ2v) is 7.29. The first-order valence-electron chi connectivity index (χ1n) is 10.1. The maximum absolute atomic E-state index is 8.55. The van der Waals surface area contributed by atoms with Crippen LogP contribution < -0.4 is 14.7 Å². The van der Waals surface area contributed by atoms with Gasteiger partial charge in [0.15, 0.2) is 0 Å². The standard InChI is InChI=1S/2C10H21.Nd.H3O4P/c2*1-3-5-7-9-10-8-6-4-2;;1-5(2,3)4/h2*1,3-10H2,2H3;;(H3,1,2,3,4)/q2*-1;+3;/p-3. The van der Waals surface area contributed by atoms with Gasteiger partial charge in [-0.1, -0.05) is 104 Å². The maximum atomic E-state index is 8.55. The molecular formula is C20H42NdO4P-2. The van der Waals surface area contributed by atoms with Crippen LogP contribution in [0.1, 0.15) is 117 Å². The zero-order valence-corrected chi connectivity index (χ0v) is 21.4. The van der Waals surface area contributed by atoms with Gasteiger partial charge in [-0.3, -0.25) is 0 Å². The Morgan fingerprint density at radius 2 is 0.769 bits per heavy atom. The molecule has 0 saturated carbocycles. The van der Waals surface area contributed by atoms with Crippen molar-refractivity contribution in [3.8, 4) is 0 Å². The summed E-state index contributed by atoms with van der Waals surface area (Å²) < 4.78 is 8.55. The minimum atomic E-state index is -5.39. The summed E-state index contributed by atoms with van der Waals surface area (Å²) in [5, 5.41) is 0. The molecule has 0 aromatic carbocycles. The van der Waals surface area contributed by atoms with Gasteiger partial charge in [0.2, 0.25) is 0 Å². The molecule has 0 aromatic heterocycles. The Hall–Kier alpha value is 1.46. The molecule has 0 rings (SSSR count). The number of rotatable bonds is 14. The van der Waals surface area contributed by atoms with Crippen molar-refractivity contribution >= 4 is 7.82 Å². The normalized spacial score (nSPS) is 10.1. The van der Waals surface area contributed by atoms with Gasteiger partial charge in [-0.25, -0.2) is 0 Å². The first kappa shape index (κ1) is 34.9. The molecular weight excluding hydrogens is 479 g/mol. The van der Waals surface area contributed by atoms with Crippen LogP contribution in [0.4, 0.5) is 0 Å². The average molecular weight is 522 g/mol. The molecule has 0 atom stereocenters. The van der Waals surface area contributed by atoms with E-state index in [9.17, 15) is 0 Å². The van der Waals surface area contributed by atoms with Crippen molar-refractivity contribution in [2.24, 2.45) is 0 Å². The Kier molecular flexibility index (Phi) is 41.9. The van der Waals surface area contributed by atoms with Crippen molar-refractivity contribution in [3.63, 3.8) is 0 Å². The molecule has 0 N–H and O–H groups in total. The molecule has 1 radical (unpaired) electrons. The van der Waals surface area contributed by atoms with E-state index in [1.807, 2.05) is 0 Å². The van der Waals surface area contributed by atoms with E-state index in [1.54, 1.807) is 0 Å². The summed E-state index contributed by atoms with van der Waals surface area (Å²) in [6.45, 7) is 12.2. The van der Waals surface area contributed by atoms with Crippen molar-refractivity contribution < 1.29 is 60.1 Å². The predicted molar refractivity (Wildman–Crippen MR) is 104 cm³/mol. The molecule has 4 nitrogen and oxygen atoms in total. The fourth-order valence-corrected chi connectivity index (χ4v) is 2.27. The van der Waals surface area contributed by atoms with Crippen LogP contribution >= 0.6 is 7.82 Å². The molecule has 0 spiro atoms. The third-order valence-electron chi connectivity index (χ3n) is 3.71. The van der Waals surface area contributed by atoms with E-state index < -0.39 is 7.82 Å². The average Bonchev–Trinajstić information content (AvgIpc) is 2.53. The first-order chi connectivity index (χ1) is 11.8. The van der Waals surface area contributed by atoms with Crippen molar-refractivity contribution in [2.45, 2.75) is 117 Å². The van der Waals surface area contributed by atoms with Crippen LogP contribution in [0.25, 0.3) is 0 Å². The molecule has 0 heterocycles. The number of unbranched alkanes of at least 4 members (excludes halogenated alkanes) is 14. The Morgan fingerprint density at radius 3 is 0.962 bits per heavy atom. The van der Waals surface area contributed by atoms with Crippen LogP contribution in [-0.4, -0.2) is 0 Å². The minimum Gasteiger partial charge on any atom is -0.822 e. The summed E-state index contributed by atoms with van der Waals surface area (Å²) in [5.74, 6) is 0. The second-order valence-electron chi connectivity index (χ2n) is 6.40. The van der Waals surface area contributed by atoms with Gasteiger partial charge in [-0.2, -0.15) is 20.7 Å². The molecule has 26 heavy (non-hydrogen) atoms. The van der Waals surface area contributed by atoms with E-state index in [1.165, 1.54) is 89.9 Å². The summed E-state index contributed by atoms with van der Waals surface area (Å²) in [6.07, 6.45) is 21.8. The molecule has 6 heteroatoms. The van der Waals surface area contributed by atoms with Crippen molar-refractivity contribution in [1.82, 2.24) is 0 Å². The zero-order chi connectivity index (χ0) is 19.8. The van der Waals surface area contributed by atoms with Crippen LogP contribution in [-0.2, 0) is 4.57 Å². The van der Waals surface area contributed by atoms with Gasteiger partial charge in [-0.05, 0) is 0 Å². The first-order valence-corrected chi connectivity index (χ1v) is 11.6. The molecule has 0 aliphatic rings. The molecule has 0 aromatic rings. The quantitative estimate of drug-likeness (QED) is 0.181. The summed E-state index contributed by atoms with van der Waals surface area (Å²) in [6, 6.07) is 0. The second kappa shape index (κ2) is 31.2. The van der Waals surface area contributed by atoms with Crippen LogP contribution in [0.3, 0.4) is 0 Å². The van der Waals surface area contributed by atoms with Gasteiger partial charge in [-0.15, -0.1) is 0 Å². The van der Waals surface area contributed by atoms with Gasteiger partial charge >= 0.3 is 40.8 Å². The predicted octanol–water partition coefficient (Wildman–Crippen LogP) is 5.10. The maximum Gasteiger partial charge on any atom is 3.00 e. The summed E-state index contributed by atoms with van der Waals surface area (Å²) in [5.41, 5.74) is 0. The van der Waals surface area contributed by atoms with Crippen LogP contribution in [0.2, 0.25) is 0 Å². The van der Waals surface area contributed by atoms with E-state index in [2.05, 4.69) is 27.7 Å². The number of phosphoric acid groups is 1. The van der Waals surface area contributed by atoms with Crippen molar-refractivity contribution in [2.75, 3.05) is 0 Å². The Balaban J connectivity index is -0.000000145. The molecule has 0 unspecified atom stereocenters. The smallest absolute Gasteiger partial charge is 0.822 e. The monoisotopic (exact) mass is 519 g/mol. The Morgan fingerprint density at radius 1 is 0.577 bits per heavy atom. The van der Waals surface area contributed by atoms with Gasteiger partial charge in [0.1, 0.15) is 0 Å². The molecule has 0 fully saturated rings. The van der Waals surface area contributed by atoms with E-state index in [0.29, 0.717) is 0 Å². The van der Waals surface area contributed by atoms with Crippen LogP contribution in [0.5, 0.6) is 0 Å². The van der Waals surface area contributed by atoms with E-state index >= 15 is 0 Å². The third-order valence-corrected chi connectivity index (χ3v) is 3.71. The fourth-order valence-electron chi connectivity index (χ4n) is 2.27. The summed E-state index contributed by atoms with van der Waals surface area (Å²) in [4.78, 5) is 25.6. The Labute approximate surface area is 197 Å². The molecule has 0 aliphatic heterocycles. The fraction of sp³-hybridized carbons (Fsp3) is 0.900. The van der Waals surface area contributed by atoms with Crippen molar-refractivity contribution in [1.29, 1.82) is 0 Å². The minimum absolute atomic E-state index is 0. The number of hydrogen-bond donors (Lipinski definition) is 0. The molecule has 0 aliphatic carbocycles. The van der Waals surface area contributed by atoms with Crippen LogP contribution in [0, 0.1) is 54.7 Å². The SMILES string of the molecule is O=P([O-])([O-])[O-].[CH2-]CCCCCCCCC.[CH2-]CCCCCCCCC.[Nd+3]. The zero-order valence-electron chi connectivity index (χ0n) is 17.3. The van der Waals surface area contributed by atoms with Gasteiger partial charge in [0.05, 0.1) is 0 Å². The van der Waals surface area contributed by atoms with E-state index in [-0.39, 0.29) is 40.8 Å². The molecule has 0 saturated heterocycles. The topological polar surface area (TPSA) is 86.2 Å². The number of hydrogen-bond acceptors (Lipinski definition) is 4. The summed E-state index contributed by atoms with van der Waals surface area (Å²) >= 11 is 0. The van der Waals surface area contributed by atoms with Gasteiger partial charge in [0, 0.05) is 0 Å². The van der Waals surface area contributed by atoms with Gasteiger partial charge < -0.3 is 33.1 Å². The van der Waals surface area contributed by atoms with E-state index in [4.69, 9.17) is 19.2 Å². The van der Waals surface area contributed by atoms with Crippen molar-refractivity contribution in [3.05, 3.63) is 13.8 Å². The Bertz CT molecular complexity index is 220. The molecule has 0 amide bonds. The van der Waals surface area contributed by atoms with Crippen LogP contribution in [0.15, 0.2) is 0 Å². The van der Waals surface area contributed by atoms with E-state index in [0.717, 1.165) is 12.8 Å². The van der Waals surface area contributed by atoms with Gasteiger partial charge in [0.25, 0.3) is 0 Å². The molecule has 0 bridgehead atoms. The largest absolute Gasteiger partial charge is 3.00 e.